The van der Waals surface area contributed by atoms with Crippen molar-refractivity contribution in [2.75, 3.05) is 0 Å². The molecule has 0 aliphatic heterocycles. The lowest BCUT2D eigenvalue weighted by molar-refractivity contribution is -0.139. The SMILES string of the molecule is O=C(S)c1ccc(OCc2ccccc2)c(C(F)(F)F)c1. The van der Waals surface area contributed by atoms with Gasteiger partial charge < -0.3 is 4.74 Å². The normalized spacial score (nSPS) is 11.2. The van der Waals surface area contributed by atoms with Crippen LogP contribution < -0.4 is 4.74 Å². The minimum absolute atomic E-state index is 0.0120. The lowest BCUT2D eigenvalue weighted by Crippen LogP contribution is -2.10. The second-order valence-electron chi connectivity index (χ2n) is 4.29. The number of rotatable bonds is 4. The van der Waals surface area contributed by atoms with Crippen molar-refractivity contribution in [3.63, 3.8) is 0 Å². The van der Waals surface area contributed by atoms with Gasteiger partial charge in [-0.25, -0.2) is 0 Å². The predicted octanol–water partition coefficient (Wildman–Crippen LogP) is 4.35. The molecule has 0 unspecified atom stereocenters. The number of benzene rings is 2. The first kappa shape index (κ1) is 15.4. The Morgan fingerprint density at radius 2 is 1.76 bits per heavy atom. The van der Waals surface area contributed by atoms with E-state index in [1.54, 1.807) is 30.3 Å². The maximum absolute atomic E-state index is 13.0. The zero-order chi connectivity index (χ0) is 15.5. The van der Waals surface area contributed by atoms with Crippen molar-refractivity contribution < 1.29 is 22.7 Å². The Hall–Kier alpha value is -1.95. The first-order valence-electron chi connectivity index (χ1n) is 5.99. The van der Waals surface area contributed by atoms with Crippen LogP contribution >= 0.6 is 12.6 Å². The molecule has 0 spiro atoms. The Kier molecular flexibility index (Phi) is 4.57. The van der Waals surface area contributed by atoms with Crippen molar-refractivity contribution in [1.82, 2.24) is 0 Å². The fourth-order valence-electron chi connectivity index (χ4n) is 1.75. The molecule has 0 fully saturated rings. The molecule has 0 atom stereocenters. The number of carbonyl (C=O) groups is 1. The van der Waals surface area contributed by atoms with Crippen LogP contribution in [0.25, 0.3) is 0 Å². The van der Waals surface area contributed by atoms with E-state index in [1.807, 2.05) is 0 Å². The standard InChI is InChI=1S/C15H11F3O2S/c16-15(17,18)12-8-11(14(19)21)6-7-13(12)20-9-10-4-2-1-3-5-10/h1-8H,9H2,(H,19,21). The molecule has 0 saturated carbocycles. The van der Waals surface area contributed by atoms with E-state index in [2.05, 4.69) is 12.6 Å². The quantitative estimate of drug-likeness (QED) is 0.849. The Balaban J connectivity index is 2.28. The van der Waals surface area contributed by atoms with E-state index in [4.69, 9.17) is 4.74 Å². The monoisotopic (exact) mass is 312 g/mol. The summed E-state index contributed by atoms with van der Waals surface area (Å²) in [6.45, 7) is 0.0120. The zero-order valence-electron chi connectivity index (χ0n) is 10.7. The van der Waals surface area contributed by atoms with Gasteiger partial charge in [-0.05, 0) is 23.8 Å². The van der Waals surface area contributed by atoms with Gasteiger partial charge in [-0.2, -0.15) is 13.2 Å². The lowest BCUT2D eigenvalue weighted by Gasteiger charge is -2.14. The number of halogens is 3. The average Bonchev–Trinajstić information content (AvgIpc) is 2.45. The maximum atomic E-state index is 13.0. The molecule has 2 aromatic rings. The minimum Gasteiger partial charge on any atom is -0.488 e. The molecule has 0 N–H and O–H groups in total. The number of alkyl halides is 3. The van der Waals surface area contributed by atoms with Gasteiger partial charge in [0.15, 0.2) is 0 Å². The van der Waals surface area contributed by atoms with E-state index < -0.39 is 16.9 Å². The van der Waals surface area contributed by atoms with Gasteiger partial charge in [0, 0.05) is 5.56 Å². The fourth-order valence-corrected chi connectivity index (χ4v) is 1.88. The predicted molar refractivity (Wildman–Crippen MR) is 75.5 cm³/mol. The summed E-state index contributed by atoms with van der Waals surface area (Å²) in [5.74, 6) is -0.315. The number of carbonyl (C=O) groups excluding carboxylic acids is 1. The van der Waals surface area contributed by atoms with Gasteiger partial charge in [0.25, 0.3) is 0 Å². The molecule has 0 aromatic heterocycles. The Morgan fingerprint density at radius 1 is 1.10 bits per heavy atom. The molecule has 2 nitrogen and oxygen atoms in total. The second-order valence-corrected chi connectivity index (χ2v) is 4.69. The zero-order valence-corrected chi connectivity index (χ0v) is 11.6. The molecule has 21 heavy (non-hydrogen) atoms. The highest BCUT2D eigenvalue weighted by Gasteiger charge is 2.35. The molecule has 0 saturated heterocycles. The summed E-state index contributed by atoms with van der Waals surface area (Å²) in [6, 6.07) is 12.0. The average molecular weight is 312 g/mol. The molecular weight excluding hydrogens is 301 g/mol. The van der Waals surface area contributed by atoms with Gasteiger partial charge in [0.05, 0.1) is 5.56 Å². The third-order valence-corrected chi connectivity index (χ3v) is 3.03. The highest BCUT2D eigenvalue weighted by Crippen LogP contribution is 2.37. The smallest absolute Gasteiger partial charge is 0.419 e. The third kappa shape index (κ3) is 4.01. The molecule has 2 rings (SSSR count). The summed E-state index contributed by atoms with van der Waals surface area (Å²) < 4.78 is 44.2. The lowest BCUT2D eigenvalue weighted by atomic mass is 10.1. The molecule has 0 aliphatic carbocycles. The summed E-state index contributed by atoms with van der Waals surface area (Å²) in [5.41, 5.74) is -0.365. The topological polar surface area (TPSA) is 26.3 Å². The van der Waals surface area contributed by atoms with Crippen LogP contribution in [0.4, 0.5) is 13.2 Å². The Morgan fingerprint density at radius 3 is 2.33 bits per heavy atom. The largest absolute Gasteiger partial charge is 0.488 e. The molecule has 0 heterocycles. The number of ether oxygens (including phenoxy) is 1. The van der Waals surface area contributed by atoms with E-state index in [0.717, 1.165) is 17.7 Å². The highest BCUT2D eigenvalue weighted by atomic mass is 32.1. The van der Waals surface area contributed by atoms with E-state index >= 15 is 0 Å². The number of hydrogen-bond acceptors (Lipinski definition) is 2. The molecule has 0 bridgehead atoms. The number of thiol groups is 1. The molecule has 0 radical (unpaired) electrons. The van der Waals surface area contributed by atoms with Crippen LogP contribution in [0.5, 0.6) is 5.75 Å². The molecule has 110 valence electrons. The van der Waals surface area contributed by atoms with E-state index in [-0.39, 0.29) is 17.9 Å². The number of hydrogen-bond donors (Lipinski definition) is 1. The van der Waals surface area contributed by atoms with Crippen molar-refractivity contribution >= 4 is 17.7 Å². The Bertz CT molecular complexity index is 639. The second kappa shape index (κ2) is 6.22. The molecule has 0 aliphatic rings. The summed E-state index contributed by atoms with van der Waals surface area (Å²) in [6.07, 6.45) is -4.61. The molecule has 2 aromatic carbocycles. The van der Waals surface area contributed by atoms with Gasteiger partial charge in [0.1, 0.15) is 12.4 Å². The van der Waals surface area contributed by atoms with Crippen molar-refractivity contribution in [3.05, 3.63) is 65.2 Å². The molecular formula is C15H11F3O2S. The van der Waals surface area contributed by atoms with Crippen LogP contribution in [0.1, 0.15) is 21.5 Å². The third-order valence-electron chi connectivity index (χ3n) is 2.77. The van der Waals surface area contributed by atoms with Crippen LogP contribution in [0.15, 0.2) is 48.5 Å². The van der Waals surface area contributed by atoms with E-state index in [1.165, 1.54) is 6.07 Å². The summed E-state index contributed by atoms with van der Waals surface area (Å²) in [7, 11) is 0. The van der Waals surface area contributed by atoms with Crippen LogP contribution in [0.2, 0.25) is 0 Å². The van der Waals surface area contributed by atoms with Gasteiger partial charge >= 0.3 is 6.18 Å². The van der Waals surface area contributed by atoms with Crippen molar-refractivity contribution in [1.29, 1.82) is 0 Å². The summed E-state index contributed by atoms with van der Waals surface area (Å²) in [5, 5.41) is -0.727. The first-order valence-corrected chi connectivity index (χ1v) is 6.44. The van der Waals surface area contributed by atoms with Crippen LogP contribution in [-0.4, -0.2) is 5.12 Å². The maximum Gasteiger partial charge on any atom is 0.419 e. The fraction of sp³-hybridized carbons (Fsp3) is 0.133. The molecule has 0 amide bonds. The van der Waals surface area contributed by atoms with Crippen molar-refractivity contribution in [3.8, 4) is 5.75 Å². The Labute approximate surface area is 125 Å². The van der Waals surface area contributed by atoms with Crippen molar-refractivity contribution in [2.24, 2.45) is 0 Å². The van der Waals surface area contributed by atoms with E-state index in [9.17, 15) is 18.0 Å². The highest BCUT2D eigenvalue weighted by molar-refractivity contribution is 7.97. The van der Waals surface area contributed by atoms with Crippen LogP contribution in [-0.2, 0) is 12.8 Å². The minimum atomic E-state index is -4.61. The van der Waals surface area contributed by atoms with Gasteiger partial charge in [-0.15, -0.1) is 12.6 Å². The van der Waals surface area contributed by atoms with Gasteiger partial charge in [0.2, 0.25) is 5.12 Å². The van der Waals surface area contributed by atoms with Crippen LogP contribution in [0, 0.1) is 0 Å². The summed E-state index contributed by atoms with van der Waals surface area (Å²) >= 11 is 3.53. The van der Waals surface area contributed by atoms with Crippen LogP contribution in [0.3, 0.4) is 0 Å². The molecule has 6 heteroatoms. The van der Waals surface area contributed by atoms with E-state index in [0.29, 0.717) is 0 Å². The summed E-state index contributed by atoms with van der Waals surface area (Å²) in [4.78, 5) is 11.1. The van der Waals surface area contributed by atoms with Gasteiger partial charge in [-0.1, -0.05) is 30.3 Å². The first-order chi connectivity index (χ1) is 9.88. The van der Waals surface area contributed by atoms with Gasteiger partial charge in [-0.3, -0.25) is 4.79 Å². The van der Waals surface area contributed by atoms with Crippen molar-refractivity contribution in [2.45, 2.75) is 12.8 Å².